The summed E-state index contributed by atoms with van der Waals surface area (Å²) in [6, 6.07) is 2.16. The van der Waals surface area contributed by atoms with Crippen LogP contribution in [0.5, 0.6) is 0 Å². The highest BCUT2D eigenvalue weighted by molar-refractivity contribution is 7.07. The van der Waals surface area contributed by atoms with Crippen LogP contribution in [0.25, 0.3) is 0 Å². The Hall–Kier alpha value is -0.340. The van der Waals surface area contributed by atoms with Crippen molar-refractivity contribution in [3.05, 3.63) is 22.4 Å². The van der Waals surface area contributed by atoms with Crippen LogP contribution in [-0.2, 0) is 6.42 Å². The maximum absolute atomic E-state index is 10.4. The average molecular weight is 210 g/mol. The van der Waals surface area contributed by atoms with Crippen LogP contribution < -0.4 is 0 Å². The van der Waals surface area contributed by atoms with Crippen molar-refractivity contribution in [1.29, 1.82) is 0 Å². The molecular formula is C12H18OS. The molecular weight excluding hydrogens is 192 g/mol. The molecule has 0 aromatic carbocycles. The fourth-order valence-corrected chi connectivity index (χ4v) is 2.79. The second-order valence-corrected chi connectivity index (χ2v) is 5.14. The summed E-state index contributed by atoms with van der Waals surface area (Å²) in [7, 11) is 0. The van der Waals surface area contributed by atoms with Crippen LogP contribution >= 0.6 is 11.3 Å². The van der Waals surface area contributed by atoms with E-state index in [4.69, 9.17) is 0 Å². The van der Waals surface area contributed by atoms with Crippen LogP contribution in [0.1, 0.15) is 38.2 Å². The minimum Gasteiger partial charge on any atom is -0.390 e. The predicted octanol–water partition coefficient (Wildman–Crippen LogP) is 3.23. The zero-order valence-corrected chi connectivity index (χ0v) is 9.52. The van der Waals surface area contributed by atoms with Gasteiger partial charge < -0.3 is 5.11 Å². The quantitative estimate of drug-likeness (QED) is 0.791. The van der Waals surface area contributed by atoms with E-state index in [-0.39, 0.29) is 5.60 Å². The summed E-state index contributed by atoms with van der Waals surface area (Å²) in [4.78, 5) is 0. The summed E-state index contributed by atoms with van der Waals surface area (Å²) in [5.74, 6) is 0.589. The van der Waals surface area contributed by atoms with E-state index >= 15 is 0 Å². The predicted molar refractivity (Wildman–Crippen MR) is 60.6 cm³/mol. The zero-order valence-electron chi connectivity index (χ0n) is 8.70. The molecule has 1 aliphatic carbocycles. The van der Waals surface area contributed by atoms with Gasteiger partial charge in [0.15, 0.2) is 0 Å². The second-order valence-electron chi connectivity index (χ2n) is 4.36. The molecule has 2 rings (SSSR count). The van der Waals surface area contributed by atoms with E-state index in [0.29, 0.717) is 5.92 Å². The number of rotatable bonds is 5. The number of thiophene rings is 1. The van der Waals surface area contributed by atoms with Gasteiger partial charge >= 0.3 is 0 Å². The summed E-state index contributed by atoms with van der Waals surface area (Å²) in [5, 5.41) is 14.7. The van der Waals surface area contributed by atoms with E-state index in [0.717, 1.165) is 19.3 Å². The smallest absolute Gasteiger partial charge is 0.0676 e. The largest absolute Gasteiger partial charge is 0.390 e. The standard InChI is InChI=1S/C12H18OS/c1-2-12(13,11-3-4-11)7-5-10-6-8-14-9-10/h6,8-9,11,13H,2-5,7H2,1H3. The zero-order chi connectivity index (χ0) is 10.0. The minimum absolute atomic E-state index is 0.373. The molecule has 0 aliphatic heterocycles. The van der Waals surface area contributed by atoms with Gasteiger partial charge in [0.05, 0.1) is 5.60 Å². The Morgan fingerprint density at radius 1 is 1.57 bits per heavy atom. The Labute approximate surface area is 89.8 Å². The van der Waals surface area contributed by atoms with Gasteiger partial charge in [-0.25, -0.2) is 0 Å². The van der Waals surface area contributed by atoms with Crippen LogP contribution in [0.15, 0.2) is 16.8 Å². The molecule has 0 bridgehead atoms. The van der Waals surface area contributed by atoms with Gasteiger partial charge in [0.25, 0.3) is 0 Å². The number of aliphatic hydroxyl groups is 1. The van der Waals surface area contributed by atoms with Gasteiger partial charge in [-0.3, -0.25) is 0 Å². The van der Waals surface area contributed by atoms with Crippen molar-refractivity contribution in [3.63, 3.8) is 0 Å². The fraction of sp³-hybridized carbons (Fsp3) is 0.667. The van der Waals surface area contributed by atoms with Crippen molar-refractivity contribution >= 4 is 11.3 Å². The number of hydrogen-bond donors (Lipinski definition) is 1. The van der Waals surface area contributed by atoms with Gasteiger partial charge in [-0.1, -0.05) is 6.92 Å². The Morgan fingerprint density at radius 2 is 2.36 bits per heavy atom. The molecule has 78 valence electrons. The van der Waals surface area contributed by atoms with E-state index in [9.17, 15) is 5.11 Å². The minimum atomic E-state index is -0.373. The van der Waals surface area contributed by atoms with E-state index in [2.05, 4.69) is 23.8 Å². The molecule has 1 aromatic heterocycles. The molecule has 2 heteroatoms. The summed E-state index contributed by atoms with van der Waals surface area (Å²) in [6.45, 7) is 2.10. The summed E-state index contributed by atoms with van der Waals surface area (Å²) in [6.07, 6.45) is 5.33. The molecule has 1 heterocycles. The van der Waals surface area contributed by atoms with Gasteiger partial charge in [-0.2, -0.15) is 11.3 Å². The number of aryl methyl sites for hydroxylation is 1. The topological polar surface area (TPSA) is 20.2 Å². The van der Waals surface area contributed by atoms with Gasteiger partial charge in [-0.05, 0) is 60.4 Å². The Kier molecular flexibility index (Phi) is 2.93. The van der Waals surface area contributed by atoms with E-state index in [1.807, 2.05) is 0 Å². The molecule has 14 heavy (non-hydrogen) atoms. The third-order valence-electron chi connectivity index (χ3n) is 3.38. The SMILES string of the molecule is CCC(O)(CCc1ccsc1)C1CC1. The molecule has 1 nitrogen and oxygen atoms in total. The van der Waals surface area contributed by atoms with Crippen molar-refractivity contribution < 1.29 is 5.11 Å². The summed E-state index contributed by atoms with van der Waals surface area (Å²) in [5.41, 5.74) is 1.00. The first-order chi connectivity index (χ1) is 6.74. The lowest BCUT2D eigenvalue weighted by Crippen LogP contribution is -2.30. The van der Waals surface area contributed by atoms with Crippen molar-refractivity contribution in [3.8, 4) is 0 Å². The first-order valence-corrected chi connectivity index (χ1v) is 6.42. The first kappa shape index (κ1) is 10.2. The molecule has 0 radical (unpaired) electrons. The Bertz CT molecular complexity index is 277. The molecule has 1 N–H and O–H groups in total. The maximum atomic E-state index is 10.4. The highest BCUT2D eigenvalue weighted by Crippen LogP contribution is 2.43. The third kappa shape index (κ3) is 2.18. The van der Waals surface area contributed by atoms with E-state index in [1.165, 1.54) is 18.4 Å². The Morgan fingerprint density at radius 3 is 2.86 bits per heavy atom. The van der Waals surface area contributed by atoms with Crippen LogP contribution in [0.2, 0.25) is 0 Å². The summed E-state index contributed by atoms with van der Waals surface area (Å²) >= 11 is 1.74. The van der Waals surface area contributed by atoms with E-state index < -0.39 is 0 Å². The van der Waals surface area contributed by atoms with Crippen LogP contribution in [0.3, 0.4) is 0 Å². The monoisotopic (exact) mass is 210 g/mol. The molecule has 1 fully saturated rings. The van der Waals surface area contributed by atoms with Crippen molar-refractivity contribution in [2.24, 2.45) is 5.92 Å². The molecule has 1 atom stereocenters. The van der Waals surface area contributed by atoms with Gasteiger partial charge in [0.1, 0.15) is 0 Å². The molecule has 1 aliphatic rings. The molecule has 0 spiro atoms. The lowest BCUT2D eigenvalue weighted by atomic mass is 9.88. The average Bonchev–Trinajstić information content (AvgIpc) is 2.94. The normalized spacial score (nSPS) is 20.7. The van der Waals surface area contributed by atoms with Crippen LogP contribution in [0, 0.1) is 5.92 Å². The van der Waals surface area contributed by atoms with Crippen LogP contribution in [-0.4, -0.2) is 10.7 Å². The molecule has 1 saturated carbocycles. The summed E-state index contributed by atoms with van der Waals surface area (Å²) < 4.78 is 0. The molecule has 1 unspecified atom stereocenters. The maximum Gasteiger partial charge on any atom is 0.0676 e. The lowest BCUT2D eigenvalue weighted by Gasteiger charge is -2.26. The van der Waals surface area contributed by atoms with Crippen molar-refractivity contribution in [1.82, 2.24) is 0 Å². The highest BCUT2D eigenvalue weighted by atomic mass is 32.1. The van der Waals surface area contributed by atoms with Gasteiger partial charge in [0.2, 0.25) is 0 Å². The third-order valence-corrected chi connectivity index (χ3v) is 4.11. The fourth-order valence-electron chi connectivity index (χ4n) is 2.09. The first-order valence-electron chi connectivity index (χ1n) is 5.48. The number of hydrogen-bond acceptors (Lipinski definition) is 2. The molecule has 0 saturated heterocycles. The van der Waals surface area contributed by atoms with Gasteiger partial charge in [-0.15, -0.1) is 0 Å². The lowest BCUT2D eigenvalue weighted by molar-refractivity contribution is 0.00550. The highest BCUT2D eigenvalue weighted by Gasteiger charge is 2.41. The molecule has 0 amide bonds. The van der Waals surface area contributed by atoms with Crippen molar-refractivity contribution in [2.75, 3.05) is 0 Å². The van der Waals surface area contributed by atoms with E-state index in [1.54, 1.807) is 11.3 Å². The molecule has 1 aromatic rings. The second kappa shape index (κ2) is 4.03. The van der Waals surface area contributed by atoms with Crippen molar-refractivity contribution in [2.45, 2.75) is 44.6 Å². The van der Waals surface area contributed by atoms with Crippen LogP contribution in [0.4, 0.5) is 0 Å². The Balaban J connectivity index is 1.89. The van der Waals surface area contributed by atoms with Gasteiger partial charge in [0, 0.05) is 0 Å².